The van der Waals surface area contributed by atoms with E-state index in [1.807, 2.05) is 43.3 Å². The Hall–Kier alpha value is -2.58. The molecule has 1 N–H and O–H groups in total. The van der Waals surface area contributed by atoms with Gasteiger partial charge >= 0.3 is 0 Å². The zero-order chi connectivity index (χ0) is 20.9. The summed E-state index contributed by atoms with van der Waals surface area (Å²) in [6.07, 6.45) is 0.854. The first-order chi connectivity index (χ1) is 13.1. The summed E-state index contributed by atoms with van der Waals surface area (Å²) in [7, 11) is 4.73. The van der Waals surface area contributed by atoms with E-state index in [1.54, 1.807) is 0 Å². The van der Waals surface area contributed by atoms with Crippen molar-refractivity contribution in [3.63, 3.8) is 0 Å². The molecule has 0 heterocycles. The molecule has 7 nitrogen and oxygen atoms in total. The van der Waals surface area contributed by atoms with Crippen molar-refractivity contribution in [2.45, 2.75) is 17.7 Å². The van der Waals surface area contributed by atoms with Crippen LogP contribution in [-0.2, 0) is 21.2 Å². The molecular formula is C20H27N3O4S. The molecule has 0 radical (unpaired) electrons. The number of amides is 1. The second kappa shape index (κ2) is 9.07. The number of aryl methyl sites for hydroxylation is 1. The van der Waals surface area contributed by atoms with Gasteiger partial charge in [0.25, 0.3) is 0 Å². The number of rotatable bonds is 8. The van der Waals surface area contributed by atoms with E-state index in [1.165, 1.54) is 39.4 Å². The number of methoxy groups -OCH3 is 1. The van der Waals surface area contributed by atoms with E-state index in [0.717, 1.165) is 15.6 Å². The van der Waals surface area contributed by atoms with Crippen LogP contribution in [0.4, 0.5) is 11.4 Å². The standard InChI is InChI=1S/C20H27N3O4S/c1-22(2)16-9-6-15(7-10-16)8-13-20(24)21-18-14-17(11-12-19(18)27-5)28(25,26)23(3)4/h6-7,9-12,14H,8,13H2,1-5H3,(H,21,24). The summed E-state index contributed by atoms with van der Waals surface area (Å²) < 4.78 is 31.0. The number of nitrogens with zero attached hydrogens (tertiary/aromatic N) is 2. The average molecular weight is 406 g/mol. The minimum Gasteiger partial charge on any atom is -0.495 e. The van der Waals surface area contributed by atoms with Crippen LogP contribution in [0, 0.1) is 0 Å². The van der Waals surface area contributed by atoms with Crippen LogP contribution in [0.15, 0.2) is 47.4 Å². The Kier molecular flexibility index (Phi) is 7.04. The molecule has 28 heavy (non-hydrogen) atoms. The zero-order valence-corrected chi connectivity index (χ0v) is 17.7. The first kappa shape index (κ1) is 21.7. The van der Waals surface area contributed by atoms with Gasteiger partial charge in [-0.05, 0) is 42.3 Å². The second-order valence-electron chi connectivity index (χ2n) is 6.76. The minimum atomic E-state index is -3.60. The molecule has 0 spiro atoms. The van der Waals surface area contributed by atoms with E-state index in [4.69, 9.17) is 4.74 Å². The smallest absolute Gasteiger partial charge is 0.242 e. The lowest BCUT2D eigenvalue weighted by Gasteiger charge is -2.15. The topological polar surface area (TPSA) is 79.0 Å². The highest BCUT2D eigenvalue weighted by molar-refractivity contribution is 7.89. The van der Waals surface area contributed by atoms with Crippen molar-refractivity contribution in [1.82, 2.24) is 4.31 Å². The van der Waals surface area contributed by atoms with Gasteiger partial charge < -0.3 is 15.0 Å². The molecule has 0 bridgehead atoms. The minimum absolute atomic E-state index is 0.0906. The van der Waals surface area contributed by atoms with E-state index in [2.05, 4.69) is 5.32 Å². The number of ether oxygens (including phenoxy) is 1. The monoisotopic (exact) mass is 405 g/mol. The first-order valence-electron chi connectivity index (χ1n) is 8.82. The molecule has 1 amide bonds. The van der Waals surface area contributed by atoms with Crippen LogP contribution in [0.25, 0.3) is 0 Å². The Morgan fingerprint density at radius 3 is 2.21 bits per heavy atom. The van der Waals surface area contributed by atoms with Crippen molar-refractivity contribution in [1.29, 1.82) is 0 Å². The van der Waals surface area contributed by atoms with Crippen molar-refractivity contribution < 1.29 is 17.9 Å². The maximum atomic E-state index is 12.4. The number of hydrogen-bond donors (Lipinski definition) is 1. The summed E-state index contributed by atoms with van der Waals surface area (Å²) in [5.74, 6) is 0.191. The normalized spacial score (nSPS) is 11.4. The van der Waals surface area contributed by atoms with E-state index >= 15 is 0 Å². The Morgan fingerprint density at radius 1 is 1.04 bits per heavy atom. The zero-order valence-electron chi connectivity index (χ0n) is 16.9. The maximum Gasteiger partial charge on any atom is 0.242 e. The summed E-state index contributed by atoms with van der Waals surface area (Å²) in [5.41, 5.74) is 2.48. The van der Waals surface area contributed by atoms with Crippen molar-refractivity contribution in [2.75, 3.05) is 45.5 Å². The van der Waals surface area contributed by atoms with Crippen LogP contribution in [-0.4, -0.2) is 53.9 Å². The molecule has 0 saturated heterocycles. The van der Waals surface area contributed by atoms with Gasteiger partial charge in [-0.15, -0.1) is 0 Å². The van der Waals surface area contributed by atoms with E-state index in [0.29, 0.717) is 17.9 Å². The molecule has 8 heteroatoms. The van der Waals surface area contributed by atoms with E-state index in [9.17, 15) is 13.2 Å². The number of sulfonamides is 1. The Morgan fingerprint density at radius 2 is 1.68 bits per heavy atom. The number of anilines is 2. The highest BCUT2D eigenvalue weighted by Crippen LogP contribution is 2.28. The van der Waals surface area contributed by atoms with Gasteiger partial charge in [0.2, 0.25) is 15.9 Å². The van der Waals surface area contributed by atoms with Crippen molar-refractivity contribution in [3.8, 4) is 5.75 Å². The quantitative estimate of drug-likeness (QED) is 0.730. The Bertz CT molecular complexity index is 923. The lowest BCUT2D eigenvalue weighted by molar-refractivity contribution is -0.116. The molecule has 2 aromatic carbocycles. The summed E-state index contributed by atoms with van der Waals surface area (Å²) in [4.78, 5) is 14.5. The first-order valence-corrected chi connectivity index (χ1v) is 10.3. The van der Waals surface area contributed by atoms with Crippen LogP contribution < -0.4 is 15.0 Å². The number of hydrogen-bond acceptors (Lipinski definition) is 5. The Labute approximate surface area is 167 Å². The van der Waals surface area contributed by atoms with Crippen LogP contribution in [0.3, 0.4) is 0 Å². The molecule has 0 atom stereocenters. The second-order valence-corrected chi connectivity index (χ2v) is 8.91. The van der Waals surface area contributed by atoms with Gasteiger partial charge in [-0.25, -0.2) is 12.7 Å². The average Bonchev–Trinajstić information content (AvgIpc) is 2.66. The SMILES string of the molecule is COc1ccc(S(=O)(=O)N(C)C)cc1NC(=O)CCc1ccc(N(C)C)cc1. The highest BCUT2D eigenvalue weighted by atomic mass is 32.2. The predicted molar refractivity (Wildman–Crippen MR) is 112 cm³/mol. The molecule has 0 unspecified atom stereocenters. The molecular weight excluding hydrogens is 378 g/mol. The van der Waals surface area contributed by atoms with Gasteiger partial charge in [0.05, 0.1) is 17.7 Å². The third kappa shape index (κ3) is 5.24. The fraction of sp³-hybridized carbons (Fsp3) is 0.350. The van der Waals surface area contributed by atoms with Crippen molar-refractivity contribution >= 4 is 27.3 Å². The molecule has 0 aliphatic rings. The third-order valence-corrected chi connectivity index (χ3v) is 6.13. The molecule has 2 aromatic rings. The fourth-order valence-electron chi connectivity index (χ4n) is 2.59. The highest BCUT2D eigenvalue weighted by Gasteiger charge is 2.19. The molecule has 0 saturated carbocycles. The number of carbonyl (C=O) groups is 1. The van der Waals surface area contributed by atoms with Crippen molar-refractivity contribution in [2.24, 2.45) is 0 Å². The van der Waals surface area contributed by atoms with E-state index in [-0.39, 0.29) is 17.2 Å². The predicted octanol–water partition coefficient (Wildman–Crippen LogP) is 2.58. The summed E-state index contributed by atoms with van der Waals surface area (Å²) in [6, 6.07) is 12.4. The third-order valence-electron chi connectivity index (χ3n) is 4.32. The van der Waals surface area contributed by atoms with Gasteiger partial charge in [-0.1, -0.05) is 12.1 Å². The number of nitrogens with one attached hydrogen (secondary N) is 1. The van der Waals surface area contributed by atoms with Gasteiger partial charge in [0.15, 0.2) is 0 Å². The van der Waals surface area contributed by atoms with Gasteiger partial charge in [-0.2, -0.15) is 0 Å². The lowest BCUT2D eigenvalue weighted by atomic mass is 10.1. The molecule has 2 rings (SSSR count). The van der Waals surface area contributed by atoms with Gasteiger partial charge in [0.1, 0.15) is 5.75 Å². The summed E-state index contributed by atoms with van der Waals surface area (Å²) in [6.45, 7) is 0. The van der Waals surface area contributed by atoms with Crippen LogP contribution in [0.2, 0.25) is 0 Å². The molecule has 152 valence electrons. The number of carbonyl (C=O) groups excluding carboxylic acids is 1. The van der Waals surface area contributed by atoms with Crippen molar-refractivity contribution in [3.05, 3.63) is 48.0 Å². The van der Waals surface area contributed by atoms with Gasteiger partial charge in [-0.3, -0.25) is 4.79 Å². The lowest BCUT2D eigenvalue weighted by Crippen LogP contribution is -2.22. The molecule has 0 fully saturated rings. The number of benzene rings is 2. The van der Waals surface area contributed by atoms with E-state index < -0.39 is 10.0 Å². The molecule has 0 aromatic heterocycles. The van der Waals surface area contributed by atoms with Gasteiger partial charge in [0, 0.05) is 40.3 Å². The largest absolute Gasteiger partial charge is 0.495 e. The molecule has 0 aliphatic heterocycles. The Balaban J connectivity index is 2.10. The van der Waals surface area contributed by atoms with Crippen LogP contribution in [0.5, 0.6) is 5.75 Å². The van der Waals surface area contributed by atoms with Crippen LogP contribution in [0.1, 0.15) is 12.0 Å². The fourth-order valence-corrected chi connectivity index (χ4v) is 3.52. The molecule has 0 aliphatic carbocycles. The summed E-state index contributed by atoms with van der Waals surface area (Å²) in [5, 5.41) is 2.76. The summed E-state index contributed by atoms with van der Waals surface area (Å²) >= 11 is 0. The maximum absolute atomic E-state index is 12.4. The van der Waals surface area contributed by atoms with Crippen LogP contribution >= 0.6 is 0 Å².